The summed E-state index contributed by atoms with van der Waals surface area (Å²) in [7, 11) is 0. The lowest BCUT2D eigenvalue weighted by Gasteiger charge is -2.30. The fourth-order valence-corrected chi connectivity index (χ4v) is 6.86. The maximum Gasteiger partial charge on any atom is 0.281 e. The number of nitro groups is 1. The van der Waals surface area contributed by atoms with E-state index in [1.807, 2.05) is 24.3 Å². The molecule has 2 aliphatic rings. The maximum absolute atomic E-state index is 13.9. The molecule has 9 heteroatoms. The van der Waals surface area contributed by atoms with Crippen LogP contribution in [0.2, 0.25) is 0 Å². The minimum Gasteiger partial charge on any atom is -0.456 e. The van der Waals surface area contributed by atoms with Crippen LogP contribution in [0.25, 0.3) is 23.1 Å². The highest BCUT2D eigenvalue weighted by atomic mass is 79.9. The van der Waals surface area contributed by atoms with E-state index in [2.05, 4.69) is 46.3 Å². The average molecular weight is 610 g/mol. The lowest BCUT2D eigenvalue weighted by atomic mass is 9.83. The molecule has 0 N–H and O–H groups in total. The molecule has 5 aromatic rings. The first kappa shape index (κ1) is 24.7. The van der Waals surface area contributed by atoms with Crippen molar-refractivity contribution in [1.29, 1.82) is 0 Å². The van der Waals surface area contributed by atoms with Crippen LogP contribution in [-0.4, -0.2) is 9.49 Å². The van der Waals surface area contributed by atoms with Crippen LogP contribution in [0.5, 0.6) is 0 Å². The van der Waals surface area contributed by atoms with E-state index in [1.165, 1.54) is 23.0 Å². The number of rotatable bonds is 4. The summed E-state index contributed by atoms with van der Waals surface area (Å²) in [4.78, 5) is 30.7. The van der Waals surface area contributed by atoms with Crippen LogP contribution in [-0.2, 0) is 6.42 Å². The largest absolute Gasteiger partial charge is 0.456 e. The van der Waals surface area contributed by atoms with Crippen LogP contribution in [0.4, 0.5) is 5.69 Å². The Kier molecular flexibility index (Phi) is 5.98. The van der Waals surface area contributed by atoms with Gasteiger partial charge in [0.15, 0.2) is 4.80 Å². The quantitative estimate of drug-likeness (QED) is 0.178. The van der Waals surface area contributed by atoms with Gasteiger partial charge in [0.2, 0.25) is 0 Å². The van der Waals surface area contributed by atoms with E-state index in [1.54, 1.807) is 34.9 Å². The normalized spacial score (nSPS) is 16.2. The Labute approximate surface area is 240 Å². The summed E-state index contributed by atoms with van der Waals surface area (Å²) in [6.07, 6.45) is 3.42. The van der Waals surface area contributed by atoms with Crippen LogP contribution in [0, 0.1) is 10.1 Å². The molecule has 7 rings (SSSR count). The Morgan fingerprint density at radius 1 is 1.00 bits per heavy atom. The van der Waals surface area contributed by atoms with Gasteiger partial charge < -0.3 is 4.42 Å². The van der Waals surface area contributed by atoms with Gasteiger partial charge in [0, 0.05) is 22.2 Å². The van der Waals surface area contributed by atoms with Gasteiger partial charge in [-0.2, -0.15) is 0 Å². The number of nitro benzene ring substituents is 1. The number of halogens is 1. The van der Waals surface area contributed by atoms with Gasteiger partial charge in [-0.15, -0.1) is 0 Å². The number of aryl methyl sites for hydroxylation is 1. The van der Waals surface area contributed by atoms with Gasteiger partial charge >= 0.3 is 0 Å². The molecule has 0 fully saturated rings. The van der Waals surface area contributed by atoms with Gasteiger partial charge in [0.25, 0.3) is 11.2 Å². The number of aromatic nitrogens is 1. The van der Waals surface area contributed by atoms with Crippen molar-refractivity contribution in [2.75, 3.05) is 0 Å². The molecule has 0 radical (unpaired) electrons. The van der Waals surface area contributed by atoms with Crippen molar-refractivity contribution < 1.29 is 9.34 Å². The molecule has 196 valence electrons. The molecule has 7 nitrogen and oxygen atoms in total. The van der Waals surface area contributed by atoms with Gasteiger partial charge in [-0.3, -0.25) is 19.5 Å². The first-order valence-corrected chi connectivity index (χ1v) is 14.3. The first-order valence-electron chi connectivity index (χ1n) is 12.7. The summed E-state index contributed by atoms with van der Waals surface area (Å²) in [5.74, 6) is 0.787. The van der Waals surface area contributed by atoms with Gasteiger partial charge in [-0.05, 0) is 53.8 Å². The molecular weight excluding hydrogens is 590 g/mol. The van der Waals surface area contributed by atoms with Crippen LogP contribution < -0.4 is 14.9 Å². The molecule has 40 heavy (non-hydrogen) atoms. The van der Waals surface area contributed by atoms with Gasteiger partial charge in [-0.25, -0.2) is 4.99 Å². The number of furan rings is 1. The second-order valence-electron chi connectivity index (χ2n) is 9.64. The Bertz CT molecular complexity index is 2040. The predicted octanol–water partition coefficient (Wildman–Crippen LogP) is 6.25. The lowest BCUT2D eigenvalue weighted by molar-refractivity contribution is -0.384. The maximum atomic E-state index is 13.9. The van der Waals surface area contributed by atoms with Crippen molar-refractivity contribution in [2.24, 2.45) is 4.99 Å². The van der Waals surface area contributed by atoms with Crippen molar-refractivity contribution >= 4 is 44.7 Å². The molecule has 1 aliphatic carbocycles. The third-order valence-electron chi connectivity index (χ3n) is 7.31. The zero-order valence-electron chi connectivity index (χ0n) is 20.9. The third kappa shape index (κ3) is 4.09. The molecule has 2 aromatic heterocycles. The molecule has 0 spiro atoms. The highest BCUT2D eigenvalue weighted by Crippen LogP contribution is 2.41. The lowest BCUT2D eigenvalue weighted by Crippen LogP contribution is -2.38. The third-order valence-corrected chi connectivity index (χ3v) is 8.79. The zero-order valence-corrected chi connectivity index (χ0v) is 23.3. The summed E-state index contributed by atoms with van der Waals surface area (Å²) < 4.78 is 8.87. The van der Waals surface area contributed by atoms with Crippen molar-refractivity contribution in [3.05, 3.63) is 147 Å². The Morgan fingerprint density at radius 2 is 1.80 bits per heavy atom. The Hall–Kier alpha value is -4.34. The van der Waals surface area contributed by atoms with Crippen LogP contribution in [0.1, 0.15) is 34.9 Å². The standard InChI is InChI=1S/C31H20BrN3O4S/c32-20-11-14-23(25(16-20)35(37)38)26-15-12-21(39-26)17-27-30(36)34-29(19-7-2-1-3-8-19)24-13-10-18-6-4-5-9-22(18)28(24)33-31(34)40-27/h1-9,11-12,14-17,29H,10,13H2/b27-17-/t29-/m1/s1. The van der Waals surface area contributed by atoms with E-state index < -0.39 is 4.92 Å². The second kappa shape index (κ2) is 9.69. The van der Waals surface area contributed by atoms with Crippen LogP contribution in [0.15, 0.2) is 109 Å². The Morgan fingerprint density at radius 3 is 2.62 bits per heavy atom. The van der Waals surface area contributed by atoms with Crippen LogP contribution in [0.3, 0.4) is 0 Å². The molecule has 1 atom stereocenters. The summed E-state index contributed by atoms with van der Waals surface area (Å²) in [5, 5.41) is 11.6. The average Bonchev–Trinajstić information content (AvgIpc) is 3.56. The fraction of sp³-hybridized carbons (Fsp3) is 0.0968. The number of hydrogen-bond acceptors (Lipinski definition) is 6. The number of benzene rings is 3. The molecule has 0 amide bonds. The van der Waals surface area contributed by atoms with E-state index >= 15 is 0 Å². The van der Waals surface area contributed by atoms with E-state index in [-0.39, 0.29) is 17.3 Å². The molecule has 0 saturated heterocycles. The van der Waals surface area contributed by atoms with Crippen LogP contribution >= 0.6 is 27.3 Å². The topological polar surface area (TPSA) is 90.6 Å². The fourth-order valence-electron chi connectivity index (χ4n) is 5.53. The molecule has 0 saturated carbocycles. The smallest absolute Gasteiger partial charge is 0.281 e. The molecule has 0 bridgehead atoms. The van der Waals surface area contributed by atoms with E-state index in [4.69, 9.17) is 9.41 Å². The van der Waals surface area contributed by atoms with Gasteiger partial charge in [-0.1, -0.05) is 81.9 Å². The van der Waals surface area contributed by atoms with Crippen molar-refractivity contribution in [3.8, 4) is 11.3 Å². The number of thiazole rings is 1. The van der Waals surface area contributed by atoms with Crippen molar-refractivity contribution in [1.82, 2.24) is 4.57 Å². The molecule has 3 heterocycles. The predicted molar refractivity (Wildman–Crippen MR) is 158 cm³/mol. The number of hydrogen-bond donors (Lipinski definition) is 0. The number of allylic oxidation sites excluding steroid dienone is 1. The molecule has 0 unspecified atom stereocenters. The zero-order chi connectivity index (χ0) is 27.4. The highest BCUT2D eigenvalue weighted by molar-refractivity contribution is 9.10. The van der Waals surface area contributed by atoms with Gasteiger partial charge in [0.1, 0.15) is 11.5 Å². The van der Waals surface area contributed by atoms with E-state index in [0.717, 1.165) is 35.2 Å². The van der Waals surface area contributed by atoms with E-state index in [0.29, 0.717) is 30.9 Å². The summed E-state index contributed by atoms with van der Waals surface area (Å²) in [6, 6.07) is 26.4. The minimum absolute atomic E-state index is 0.0663. The molecule has 3 aromatic carbocycles. The first-order chi connectivity index (χ1) is 19.5. The van der Waals surface area contributed by atoms with Crippen molar-refractivity contribution in [3.63, 3.8) is 0 Å². The van der Waals surface area contributed by atoms with Gasteiger partial charge in [0.05, 0.1) is 26.8 Å². The second-order valence-corrected chi connectivity index (χ2v) is 11.6. The van der Waals surface area contributed by atoms with Crippen molar-refractivity contribution in [2.45, 2.75) is 18.9 Å². The number of fused-ring (bicyclic) bond motifs is 3. The van der Waals surface area contributed by atoms with E-state index in [9.17, 15) is 14.9 Å². The SMILES string of the molecule is O=c1/c(=C/c2ccc(-c3ccc(Br)cc3[N+](=O)[O-])o2)sc2n1[C@H](c1ccccc1)C1=C(N=2)c2ccccc2CC1. The molecule has 1 aliphatic heterocycles. The summed E-state index contributed by atoms with van der Waals surface area (Å²) in [6.45, 7) is 0. The number of nitrogens with zero attached hydrogens (tertiary/aromatic N) is 3. The Balaban J connectivity index is 1.38. The molecular formula is C31H20BrN3O4S. The summed E-state index contributed by atoms with van der Waals surface area (Å²) >= 11 is 4.61. The minimum atomic E-state index is -0.441. The summed E-state index contributed by atoms with van der Waals surface area (Å²) in [5.41, 5.74) is 5.68. The highest BCUT2D eigenvalue weighted by Gasteiger charge is 2.32. The monoisotopic (exact) mass is 609 g/mol.